The molecule has 0 bridgehead atoms. The SMILES string of the molecule is C=C(C(N)=O)C(C)(C)C.Cl.N. The van der Waals surface area contributed by atoms with Crippen molar-refractivity contribution in [2.45, 2.75) is 20.8 Å². The summed E-state index contributed by atoms with van der Waals surface area (Å²) in [5.41, 5.74) is 5.27. The van der Waals surface area contributed by atoms with Crippen molar-refractivity contribution in [3.8, 4) is 0 Å². The number of hydrogen-bond acceptors (Lipinski definition) is 2. The Balaban J connectivity index is -0.000000320. The third-order valence-electron chi connectivity index (χ3n) is 1.20. The van der Waals surface area contributed by atoms with Crippen LogP contribution in [-0.4, -0.2) is 5.91 Å². The molecule has 0 fully saturated rings. The van der Waals surface area contributed by atoms with Crippen molar-refractivity contribution in [1.82, 2.24) is 6.15 Å². The lowest BCUT2D eigenvalue weighted by Gasteiger charge is -2.17. The zero-order chi connectivity index (χ0) is 7.65. The smallest absolute Gasteiger partial charge is 0.244 e. The van der Waals surface area contributed by atoms with Crippen LogP contribution in [0, 0.1) is 5.41 Å². The number of rotatable bonds is 1. The predicted octanol–water partition coefficient (Wildman–Crippen LogP) is 1.66. The van der Waals surface area contributed by atoms with Crippen LogP contribution in [0.4, 0.5) is 0 Å². The summed E-state index contributed by atoms with van der Waals surface area (Å²) in [6, 6.07) is 0. The highest BCUT2D eigenvalue weighted by molar-refractivity contribution is 5.92. The van der Waals surface area contributed by atoms with Crippen LogP contribution in [0.15, 0.2) is 12.2 Å². The zero-order valence-corrected chi connectivity index (χ0v) is 8.12. The van der Waals surface area contributed by atoms with E-state index in [0.29, 0.717) is 5.57 Å². The molecule has 0 atom stereocenters. The summed E-state index contributed by atoms with van der Waals surface area (Å²) in [6.45, 7) is 9.26. The van der Waals surface area contributed by atoms with Crippen LogP contribution >= 0.6 is 12.4 Å². The van der Waals surface area contributed by atoms with Crippen LogP contribution in [0.1, 0.15) is 20.8 Å². The lowest BCUT2D eigenvalue weighted by atomic mass is 9.87. The van der Waals surface area contributed by atoms with Crippen LogP contribution < -0.4 is 11.9 Å². The summed E-state index contributed by atoms with van der Waals surface area (Å²) in [7, 11) is 0. The monoisotopic (exact) mass is 180 g/mol. The van der Waals surface area contributed by atoms with E-state index in [4.69, 9.17) is 5.73 Å². The maximum atomic E-state index is 10.5. The van der Waals surface area contributed by atoms with Crippen molar-refractivity contribution in [2.24, 2.45) is 11.1 Å². The second-order valence-electron chi connectivity index (χ2n) is 3.09. The summed E-state index contributed by atoms with van der Waals surface area (Å²) >= 11 is 0. The molecule has 0 unspecified atom stereocenters. The van der Waals surface area contributed by atoms with E-state index in [2.05, 4.69) is 6.58 Å². The van der Waals surface area contributed by atoms with Crippen molar-refractivity contribution >= 4 is 18.3 Å². The van der Waals surface area contributed by atoms with Gasteiger partial charge in [0.2, 0.25) is 5.91 Å². The van der Waals surface area contributed by atoms with Crippen molar-refractivity contribution in [2.75, 3.05) is 0 Å². The highest BCUT2D eigenvalue weighted by Gasteiger charge is 2.18. The number of halogens is 1. The van der Waals surface area contributed by atoms with Gasteiger partial charge >= 0.3 is 0 Å². The second-order valence-corrected chi connectivity index (χ2v) is 3.09. The van der Waals surface area contributed by atoms with Crippen LogP contribution in [0.2, 0.25) is 0 Å². The summed E-state index contributed by atoms with van der Waals surface area (Å²) < 4.78 is 0. The van der Waals surface area contributed by atoms with Crippen molar-refractivity contribution < 1.29 is 4.79 Å². The molecular weight excluding hydrogens is 164 g/mol. The van der Waals surface area contributed by atoms with E-state index in [1.54, 1.807) is 0 Å². The molecule has 0 aromatic rings. The van der Waals surface area contributed by atoms with E-state index in [9.17, 15) is 4.79 Å². The number of primary amides is 1. The Hall–Kier alpha value is -0.540. The maximum Gasteiger partial charge on any atom is 0.244 e. The highest BCUT2D eigenvalue weighted by Crippen LogP contribution is 2.22. The number of hydrogen-bond donors (Lipinski definition) is 2. The zero-order valence-electron chi connectivity index (χ0n) is 7.31. The van der Waals surface area contributed by atoms with Gasteiger partial charge in [-0.1, -0.05) is 27.4 Å². The molecule has 0 rings (SSSR count). The molecule has 0 aliphatic carbocycles. The van der Waals surface area contributed by atoms with Gasteiger partial charge in [0.15, 0.2) is 0 Å². The minimum Gasteiger partial charge on any atom is -0.366 e. The van der Waals surface area contributed by atoms with E-state index in [0.717, 1.165) is 0 Å². The lowest BCUT2D eigenvalue weighted by molar-refractivity contribution is -0.115. The van der Waals surface area contributed by atoms with Gasteiger partial charge in [0.1, 0.15) is 0 Å². The average Bonchev–Trinajstić information content (AvgIpc) is 1.62. The van der Waals surface area contributed by atoms with Crippen molar-refractivity contribution in [3.05, 3.63) is 12.2 Å². The van der Waals surface area contributed by atoms with Gasteiger partial charge in [-0.2, -0.15) is 0 Å². The van der Waals surface area contributed by atoms with Crippen LogP contribution in [0.25, 0.3) is 0 Å². The van der Waals surface area contributed by atoms with E-state index in [-0.39, 0.29) is 24.0 Å². The van der Waals surface area contributed by atoms with Gasteiger partial charge < -0.3 is 11.9 Å². The number of carbonyl (C=O) groups is 1. The molecule has 5 N–H and O–H groups in total. The Morgan fingerprint density at radius 3 is 1.64 bits per heavy atom. The molecule has 11 heavy (non-hydrogen) atoms. The maximum absolute atomic E-state index is 10.5. The minimum atomic E-state index is -0.414. The molecule has 0 saturated carbocycles. The van der Waals surface area contributed by atoms with Crippen LogP contribution in [0.3, 0.4) is 0 Å². The fraction of sp³-hybridized carbons (Fsp3) is 0.571. The Bertz CT molecular complexity index is 149. The lowest BCUT2D eigenvalue weighted by Crippen LogP contribution is -2.23. The van der Waals surface area contributed by atoms with Gasteiger partial charge in [-0.3, -0.25) is 4.79 Å². The summed E-state index contributed by atoms with van der Waals surface area (Å²) in [6.07, 6.45) is 0. The molecular formula is C7H17ClN2O. The Kier molecular flexibility index (Phi) is 7.88. The quantitative estimate of drug-likeness (QED) is 0.602. The van der Waals surface area contributed by atoms with Crippen molar-refractivity contribution in [3.63, 3.8) is 0 Å². The third-order valence-corrected chi connectivity index (χ3v) is 1.20. The second kappa shape index (κ2) is 5.16. The molecule has 0 aromatic carbocycles. The largest absolute Gasteiger partial charge is 0.366 e. The summed E-state index contributed by atoms with van der Waals surface area (Å²) in [5.74, 6) is -0.414. The highest BCUT2D eigenvalue weighted by atomic mass is 35.5. The fourth-order valence-electron chi connectivity index (χ4n) is 0.370. The molecule has 0 saturated heterocycles. The van der Waals surface area contributed by atoms with E-state index >= 15 is 0 Å². The first-order valence-corrected chi connectivity index (χ1v) is 2.85. The average molecular weight is 181 g/mol. The number of carbonyl (C=O) groups excluding carboxylic acids is 1. The Morgan fingerprint density at radius 2 is 1.64 bits per heavy atom. The van der Waals surface area contributed by atoms with Gasteiger partial charge in [0.25, 0.3) is 0 Å². The Morgan fingerprint density at radius 1 is 1.36 bits per heavy atom. The molecule has 0 heterocycles. The van der Waals surface area contributed by atoms with Crippen LogP contribution in [0.5, 0.6) is 0 Å². The van der Waals surface area contributed by atoms with E-state index in [1.165, 1.54) is 0 Å². The van der Waals surface area contributed by atoms with Crippen molar-refractivity contribution in [1.29, 1.82) is 0 Å². The molecule has 3 nitrogen and oxygen atoms in total. The molecule has 4 heteroatoms. The standard InChI is InChI=1S/C7H13NO.ClH.H3N/c1-5(6(8)9)7(2,3)4;;/h1H2,2-4H3,(H2,8,9);1H;1H3. The van der Waals surface area contributed by atoms with E-state index < -0.39 is 5.91 Å². The van der Waals surface area contributed by atoms with Gasteiger partial charge in [0, 0.05) is 5.57 Å². The number of amides is 1. The molecule has 68 valence electrons. The minimum absolute atomic E-state index is 0. The first-order valence-electron chi connectivity index (χ1n) is 2.85. The summed E-state index contributed by atoms with van der Waals surface area (Å²) in [5, 5.41) is 0. The number of nitrogens with two attached hydrogens (primary N) is 1. The topological polar surface area (TPSA) is 78.1 Å². The van der Waals surface area contributed by atoms with Crippen LogP contribution in [-0.2, 0) is 4.79 Å². The van der Waals surface area contributed by atoms with Gasteiger partial charge in [0.05, 0.1) is 0 Å². The summed E-state index contributed by atoms with van der Waals surface area (Å²) in [4.78, 5) is 10.5. The van der Waals surface area contributed by atoms with E-state index in [1.807, 2.05) is 20.8 Å². The normalized spacial score (nSPS) is 9.00. The van der Waals surface area contributed by atoms with Gasteiger partial charge in [-0.15, -0.1) is 12.4 Å². The first-order chi connectivity index (χ1) is 3.85. The third kappa shape index (κ3) is 5.88. The molecule has 1 amide bonds. The molecule has 0 spiro atoms. The molecule has 0 aliphatic heterocycles. The first kappa shape index (κ1) is 16.8. The predicted molar refractivity (Wildman–Crippen MR) is 50.1 cm³/mol. The molecule has 0 radical (unpaired) electrons. The van der Waals surface area contributed by atoms with Gasteiger partial charge in [-0.25, -0.2) is 0 Å². The fourth-order valence-corrected chi connectivity index (χ4v) is 0.370. The Labute approximate surface area is 74.0 Å². The van der Waals surface area contributed by atoms with Gasteiger partial charge in [-0.05, 0) is 5.41 Å². The molecule has 0 aliphatic rings. The molecule has 0 aromatic heterocycles.